The van der Waals surface area contributed by atoms with E-state index in [1.54, 1.807) is 24.3 Å². The van der Waals surface area contributed by atoms with Gasteiger partial charge in [-0.15, -0.1) is 0 Å². The molecule has 7 heteroatoms. The van der Waals surface area contributed by atoms with E-state index in [4.69, 9.17) is 4.74 Å². The Kier molecular flexibility index (Phi) is 4.71. The maximum absolute atomic E-state index is 12.7. The predicted octanol–water partition coefficient (Wildman–Crippen LogP) is 2.44. The zero-order valence-corrected chi connectivity index (χ0v) is 17.2. The molecule has 1 saturated carbocycles. The molecular formula is C22H27N3O4. The molecule has 0 radical (unpaired) electrons. The molecule has 1 aliphatic carbocycles. The van der Waals surface area contributed by atoms with Crippen LogP contribution in [-0.2, 0) is 20.7 Å². The van der Waals surface area contributed by atoms with Crippen molar-refractivity contribution in [3.8, 4) is 0 Å². The van der Waals surface area contributed by atoms with Gasteiger partial charge in [-0.25, -0.2) is 5.10 Å². The van der Waals surface area contributed by atoms with Crippen molar-refractivity contribution in [2.45, 2.75) is 52.5 Å². The third kappa shape index (κ3) is 3.91. The number of carbonyl (C=O) groups excluding carboxylic acids is 2. The van der Waals surface area contributed by atoms with Gasteiger partial charge in [-0.3, -0.25) is 14.4 Å². The Balaban J connectivity index is 1.39. The largest absolute Gasteiger partial charge is 0.455 e. The monoisotopic (exact) mass is 397 g/mol. The zero-order chi connectivity index (χ0) is 20.8. The first kappa shape index (κ1) is 19.6. The van der Waals surface area contributed by atoms with Crippen molar-refractivity contribution in [2.24, 2.45) is 10.8 Å². The van der Waals surface area contributed by atoms with Crippen molar-refractivity contribution in [3.63, 3.8) is 0 Å². The summed E-state index contributed by atoms with van der Waals surface area (Å²) in [6.07, 6.45) is 3.00. The van der Waals surface area contributed by atoms with Gasteiger partial charge >= 0.3 is 5.97 Å². The standard InChI is InChI=1S/C22H27N3O4/c1-21(2)9-14-10-22(3,12-21)13-25(14)18(26)11-29-19(27)8-17-15-6-4-5-7-16(15)20(28)24-23-17/h4-7,14H,8-13H2,1-3H3,(H,24,28)/t14-,22+/m0/s1. The molecule has 29 heavy (non-hydrogen) atoms. The number of hydrogen-bond donors (Lipinski definition) is 1. The van der Waals surface area contributed by atoms with Crippen LogP contribution in [0.1, 0.15) is 45.7 Å². The van der Waals surface area contributed by atoms with Crippen molar-refractivity contribution in [1.29, 1.82) is 0 Å². The molecule has 0 spiro atoms. The van der Waals surface area contributed by atoms with Gasteiger partial charge in [0, 0.05) is 18.0 Å². The van der Waals surface area contributed by atoms with Gasteiger partial charge in [0.1, 0.15) is 0 Å². The summed E-state index contributed by atoms with van der Waals surface area (Å²) in [7, 11) is 0. The molecule has 1 aliphatic heterocycles. The van der Waals surface area contributed by atoms with E-state index in [1.165, 1.54) is 0 Å². The van der Waals surface area contributed by atoms with E-state index in [0.29, 0.717) is 16.5 Å². The molecule has 1 saturated heterocycles. The number of carbonyl (C=O) groups is 2. The number of hydrogen-bond acceptors (Lipinski definition) is 5. The molecule has 2 atom stereocenters. The third-order valence-electron chi connectivity index (χ3n) is 6.18. The second-order valence-corrected chi connectivity index (χ2v) is 9.62. The molecule has 1 N–H and O–H groups in total. The first-order chi connectivity index (χ1) is 13.7. The van der Waals surface area contributed by atoms with Crippen LogP contribution in [0, 0.1) is 10.8 Å². The molecule has 2 aromatic rings. The Morgan fingerprint density at radius 3 is 2.69 bits per heavy atom. The Labute approximate surface area is 169 Å². The molecular weight excluding hydrogens is 370 g/mol. The van der Waals surface area contributed by atoms with Crippen molar-refractivity contribution < 1.29 is 14.3 Å². The topological polar surface area (TPSA) is 92.4 Å². The van der Waals surface area contributed by atoms with Crippen LogP contribution < -0.4 is 5.56 Å². The van der Waals surface area contributed by atoms with Crippen molar-refractivity contribution in [1.82, 2.24) is 15.1 Å². The lowest BCUT2D eigenvalue weighted by Gasteiger charge is -2.39. The highest BCUT2D eigenvalue weighted by Gasteiger charge is 2.50. The van der Waals surface area contributed by atoms with Gasteiger partial charge < -0.3 is 9.64 Å². The highest BCUT2D eigenvalue weighted by atomic mass is 16.5. The number of aromatic nitrogens is 2. The molecule has 1 aromatic carbocycles. The number of nitrogens with one attached hydrogen (secondary N) is 1. The molecule has 1 aromatic heterocycles. The fourth-order valence-electron chi connectivity index (χ4n) is 5.47. The molecule has 0 unspecified atom stereocenters. The second-order valence-electron chi connectivity index (χ2n) is 9.62. The SMILES string of the molecule is CC1(C)C[C@H]2C[C@@](C)(CN2C(=O)COC(=O)Cc2n[nH]c(=O)c3ccccc23)C1. The summed E-state index contributed by atoms with van der Waals surface area (Å²) < 4.78 is 5.27. The molecule has 154 valence electrons. The van der Waals surface area contributed by atoms with Crippen LogP contribution in [0.4, 0.5) is 0 Å². The highest BCUT2D eigenvalue weighted by Crippen LogP contribution is 2.52. The second kappa shape index (κ2) is 6.97. The number of esters is 1. The summed E-state index contributed by atoms with van der Waals surface area (Å²) in [5, 5.41) is 7.48. The minimum Gasteiger partial charge on any atom is -0.455 e. The van der Waals surface area contributed by atoms with Gasteiger partial charge in [-0.1, -0.05) is 39.0 Å². The van der Waals surface area contributed by atoms with Crippen molar-refractivity contribution in [3.05, 3.63) is 40.3 Å². The molecule has 1 amide bonds. The van der Waals surface area contributed by atoms with Crippen molar-refractivity contribution in [2.75, 3.05) is 13.2 Å². The van der Waals surface area contributed by atoms with E-state index < -0.39 is 5.97 Å². The summed E-state index contributed by atoms with van der Waals surface area (Å²) in [6.45, 7) is 7.23. The van der Waals surface area contributed by atoms with E-state index in [-0.39, 0.29) is 41.4 Å². The lowest BCUT2D eigenvalue weighted by atomic mass is 9.65. The first-order valence-corrected chi connectivity index (χ1v) is 10.1. The molecule has 4 rings (SSSR count). The first-order valence-electron chi connectivity index (χ1n) is 10.1. The van der Waals surface area contributed by atoms with E-state index in [1.807, 2.05) is 4.90 Å². The van der Waals surface area contributed by atoms with E-state index in [9.17, 15) is 14.4 Å². The van der Waals surface area contributed by atoms with E-state index >= 15 is 0 Å². The number of H-pyrrole nitrogens is 1. The summed E-state index contributed by atoms with van der Waals surface area (Å²) in [6, 6.07) is 7.20. The summed E-state index contributed by atoms with van der Waals surface area (Å²) >= 11 is 0. The summed E-state index contributed by atoms with van der Waals surface area (Å²) in [5.74, 6) is -0.666. The van der Waals surface area contributed by atoms with Gasteiger partial charge in [0.25, 0.3) is 11.5 Å². The highest BCUT2D eigenvalue weighted by molar-refractivity contribution is 5.87. The molecule has 2 aliphatic rings. The minimum absolute atomic E-state index is 0.0985. The lowest BCUT2D eigenvalue weighted by molar-refractivity contribution is -0.152. The quantitative estimate of drug-likeness (QED) is 0.800. The number of amides is 1. The van der Waals surface area contributed by atoms with Crippen LogP contribution in [0.3, 0.4) is 0 Å². The number of fused-ring (bicyclic) bond motifs is 3. The maximum atomic E-state index is 12.7. The molecule has 2 fully saturated rings. The Morgan fingerprint density at radius 1 is 1.21 bits per heavy atom. The minimum atomic E-state index is -0.531. The van der Waals surface area contributed by atoms with Gasteiger partial charge in [0.2, 0.25) is 0 Å². The molecule has 2 heterocycles. The Hall–Kier alpha value is -2.70. The van der Waals surface area contributed by atoms with Crippen LogP contribution in [0.5, 0.6) is 0 Å². The Bertz CT molecular complexity index is 1030. The Morgan fingerprint density at radius 2 is 1.93 bits per heavy atom. The van der Waals surface area contributed by atoms with Crippen LogP contribution in [0.2, 0.25) is 0 Å². The fourth-order valence-corrected chi connectivity index (χ4v) is 5.47. The number of nitrogens with zero attached hydrogens (tertiary/aromatic N) is 2. The number of benzene rings is 1. The van der Waals surface area contributed by atoms with Gasteiger partial charge in [-0.2, -0.15) is 5.10 Å². The van der Waals surface area contributed by atoms with Crippen LogP contribution in [0.15, 0.2) is 29.1 Å². The van der Waals surface area contributed by atoms with Gasteiger partial charge in [0.05, 0.1) is 17.5 Å². The summed E-state index contributed by atoms with van der Waals surface area (Å²) in [4.78, 5) is 38.8. The number of ether oxygens (including phenoxy) is 1. The van der Waals surface area contributed by atoms with Gasteiger partial charge in [0.15, 0.2) is 6.61 Å². The lowest BCUT2D eigenvalue weighted by Crippen LogP contribution is -2.40. The van der Waals surface area contributed by atoms with Crippen LogP contribution in [0.25, 0.3) is 10.8 Å². The average molecular weight is 397 g/mol. The number of aromatic amines is 1. The zero-order valence-electron chi connectivity index (χ0n) is 17.2. The fraction of sp³-hybridized carbons (Fsp3) is 0.545. The average Bonchev–Trinajstić information content (AvgIpc) is 2.91. The van der Waals surface area contributed by atoms with E-state index in [0.717, 1.165) is 25.8 Å². The van der Waals surface area contributed by atoms with Crippen molar-refractivity contribution >= 4 is 22.6 Å². The maximum Gasteiger partial charge on any atom is 0.312 e. The summed E-state index contributed by atoms with van der Waals surface area (Å²) in [5.41, 5.74) is 0.499. The smallest absolute Gasteiger partial charge is 0.312 e. The molecule has 2 bridgehead atoms. The number of rotatable bonds is 4. The predicted molar refractivity (Wildman–Crippen MR) is 108 cm³/mol. The van der Waals surface area contributed by atoms with Crippen LogP contribution >= 0.6 is 0 Å². The van der Waals surface area contributed by atoms with E-state index in [2.05, 4.69) is 31.0 Å². The number of likely N-dealkylation sites (tertiary alicyclic amines) is 1. The normalized spacial score (nSPS) is 25.2. The third-order valence-corrected chi connectivity index (χ3v) is 6.18. The molecule has 7 nitrogen and oxygen atoms in total. The van der Waals surface area contributed by atoms with Crippen LogP contribution in [-0.4, -0.2) is 46.2 Å². The van der Waals surface area contributed by atoms with Gasteiger partial charge in [-0.05, 0) is 36.2 Å².